The molecule has 1 amide bonds. The van der Waals surface area contributed by atoms with Gasteiger partial charge in [-0.25, -0.2) is 0 Å². The van der Waals surface area contributed by atoms with Crippen molar-refractivity contribution < 1.29 is 9.72 Å². The van der Waals surface area contributed by atoms with Crippen LogP contribution in [0.4, 0.5) is 5.69 Å². The SMILES string of the molecule is N#Cc1cc([N+](=O)[O-])cn(CC(=O)N2CCc3[nH]c4ccccc4c3C2)c1=O. The number of H-pyrrole nitrogens is 1. The zero-order chi connectivity index (χ0) is 19.8. The van der Waals surface area contributed by atoms with Crippen LogP contribution in [0, 0.1) is 21.4 Å². The number of rotatable bonds is 3. The number of pyridine rings is 1. The molecule has 1 N–H and O–H groups in total. The third kappa shape index (κ3) is 2.91. The van der Waals surface area contributed by atoms with Gasteiger partial charge in [-0.05, 0) is 6.07 Å². The highest BCUT2D eigenvalue weighted by molar-refractivity contribution is 5.86. The summed E-state index contributed by atoms with van der Waals surface area (Å²) in [6, 6.07) is 10.4. The Morgan fingerprint density at radius 1 is 1.36 bits per heavy atom. The highest BCUT2D eigenvalue weighted by Gasteiger charge is 2.25. The third-order valence-corrected chi connectivity index (χ3v) is 4.94. The first-order valence-electron chi connectivity index (χ1n) is 8.63. The van der Waals surface area contributed by atoms with Gasteiger partial charge in [0.05, 0.1) is 11.1 Å². The van der Waals surface area contributed by atoms with E-state index < -0.39 is 16.2 Å². The van der Waals surface area contributed by atoms with Crippen LogP contribution in [0.25, 0.3) is 10.9 Å². The number of benzene rings is 1. The van der Waals surface area contributed by atoms with E-state index in [0.29, 0.717) is 19.5 Å². The van der Waals surface area contributed by atoms with E-state index in [2.05, 4.69) is 4.98 Å². The molecular formula is C19H15N5O4. The van der Waals surface area contributed by atoms with Crippen molar-refractivity contribution >= 4 is 22.5 Å². The summed E-state index contributed by atoms with van der Waals surface area (Å²) in [6.07, 6.45) is 1.66. The highest BCUT2D eigenvalue weighted by Crippen LogP contribution is 2.27. The molecule has 0 radical (unpaired) electrons. The maximum atomic E-state index is 12.8. The summed E-state index contributed by atoms with van der Waals surface area (Å²) in [4.78, 5) is 40.4. The van der Waals surface area contributed by atoms with Gasteiger partial charge in [-0.15, -0.1) is 0 Å². The van der Waals surface area contributed by atoms with Gasteiger partial charge in [0.25, 0.3) is 11.2 Å². The molecule has 9 nitrogen and oxygen atoms in total. The van der Waals surface area contributed by atoms with Crippen LogP contribution in [-0.2, 0) is 24.3 Å². The van der Waals surface area contributed by atoms with E-state index in [-0.39, 0.29) is 18.0 Å². The molecule has 0 fully saturated rings. The zero-order valence-corrected chi connectivity index (χ0v) is 14.7. The molecule has 1 aliphatic heterocycles. The Morgan fingerprint density at radius 2 is 2.14 bits per heavy atom. The van der Waals surface area contributed by atoms with E-state index in [1.165, 1.54) is 0 Å². The van der Waals surface area contributed by atoms with Crippen LogP contribution in [0.3, 0.4) is 0 Å². The summed E-state index contributed by atoms with van der Waals surface area (Å²) < 4.78 is 0.934. The molecule has 2 aromatic heterocycles. The average molecular weight is 377 g/mol. The van der Waals surface area contributed by atoms with E-state index in [0.717, 1.165) is 39.0 Å². The Bertz CT molecular complexity index is 1220. The van der Waals surface area contributed by atoms with Crippen LogP contribution in [0.2, 0.25) is 0 Å². The first-order valence-corrected chi connectivity index (χ1v) is 8.63. The fourth-order valence-electron chi connectivity index (χ4n) is 3.54. The molecule has 3 heterocycles. The van der Waals surface area contributed by atoms with Gasteiger partial charge in [-0.2, -0.15) is 5.26 Å². The molecule has 0 atom stereocenters. The number of amides is 1. The predicted octanol–water partition coefficient (Wildman–Crippen LogP) is 1.69. The van der Waals surface area contributed by atoms with Gasteiger partial charge in [0.2, 0.25) is 5.91 Å². The van der Waals surface area contributed by atoms with Crippen LogP contribution in [0.5, 0.6) is 0 Å². The maximum Gasteiger partial charge on any atom is 0.287 e. The minimum Gasteiger partial charge on any atom is -0.358 e. The molecule has 1 aliphatic rings. The van der Waals surface area contributed by atoms with Crippen LogP contribution in [-0.4, -0.2) is 31.8 Å². The molecule has 1 aromatic carbocycles. The Balaban J connectivity index is 1.62. The van der Waals surface area contributed by atoms with Gasteiger partial charge in [-0.1, -0.05) is 18.2 Å². The predicted molar refractivity (Wildman–Crippen MR) is 99.5 cm³/mol. The number of nitrogens with one attached hydrogen (secondary N) is 1. The second kappa shape index (κ2) is 6.66. The van der Waals surface area contributed by atoms with Crippen molar-refractivity contribution in [2.75, 3.05) is 6.54 Å². The number of aromatic amines is 1. The number of para-hydroxylation sites is 1. The van der Waals surface area contributed by atoms with Gasteiger partial charge in [0.1, 0.15) is 18.2 Å². The van der Waals surface area contributed by atoms with Crippen molar-refractivity contribution in [2.45, 2.75) is 19.5 Å². The topological polar surface area (TPSA) is 125 Å². The number of hydrogen-bond donors (Lipinski definition) is 1. The van der Waals surface area contributed by atoms with E-state index in [1.54, 1.807) is 11.0 Å². The monoisotopic (exact) mass is 377 g/mol. The molecule has 140 valence electrons. The summed E-state index contributed by atoms with van der Waals surface area (Å²) >= 11 is 0. The Kier molecular flexibility index (Phi) is 4.16. The fraction of sp³-hybridized carbons (Fsp3) is 0.211. The van der Waals surface area contributed by atoms with Crippen LogP contribution < -0.4 is 5.56 Å². The van der Waals surface area contributed by atoms with Gasteiger partial charge in [-0.3, -0.25) is 24.3 Å². The third-order valence-electron chi connectivity index (χ3n) is 4.94. The molecule has 3 aromatic rings. The van der Waals surface area contributed by atoms with Gasteiger partial charge < -0.3 is 9.88 Å². The molecule has 0 aliphatic carbocycles. The second-order valence-corrected chi connectivity index (χ2v) is 6.61. The molecule has 9 heteroatoms. The lowest BCUT2D eigenvalue weighted by atomic mass is 10.0. The molecule has 0 spiro atoms. The number of nitriles is 1. The van der Waals surface area contributed by atoms with Crippen molar-refractivity contribution in [3.05, 3.63) is 73.8 Å². The van der Waals surface area contributed by atoms with Crippen LogP contribution >= 0.6 is 0 Å². The molecule has 0 saturated heterocycles. The number of fused-ring (bicyclic) bond motifs is 3. The van der Waals surface area contributed by atoms with Crippen molar-refractivity contribution in [1.29, 1.82) is 5.26 Å². The van der Waals surface area contributed by atoms with Crippen LogP contribution in [0.15, 0.2) is 41.3 Å². The van der Waals surface area contributed by atoms with E-state index in [1.807, 2.05) is 24.3 Å². The largest absolute Gasteiger partial charge is 0.358 e. The van der Waals surface area contributed by atoms with Gasteiger partial charge in [0.15, 0.2) is 0 Å². The molecule has 0 unspecified atom stereocenters. The first kappa shape index (κ1) is 17.5. The number of carbonyl (C=O) groups excluding carboxylic acids is 1. The minimum absolute atomic E-state index is 0.331. The Labute approximate surface area is 158 Å². The van der Waals surface area contributed by atoms with Crippen molar-refractivity contribution in [1.82, 2.24) is 14.5 Å². The normalized spacial score (nSPS) is 13.2. The number of carbonyl (C=O) groups is 1. The Hall–Kier alpha value is -3.93. The maximum absolute atomic E-state index is 12.8. The number of hydrogen-bond acceptors (Lipinski definition) is 5. The average Bonchev–Trinajstić information content (AvgIpc) is 3.07. The summed E-state index contributed by atoms with van der Waals surface area (Å²) in [5.41, 5.74) is 1.66. The van der Waals surface area contributed by atoms with E-state index >= 15 is 0 Å². The Morgan fingerprint density at radius 3 is 2.89 bits per heavy atom. The minimum atomic E-state index is -0.716. The summed E-state index contributed by atoms with van der Waals surface area (Å²) in [5, 5.41) is 21.1. The number of nitro groups is 1. The smallest absolute Gasteiger partial charge is 0.287 e. The van der Waals surface area contributed by atoms with Gasteiger partial charge >= 0.3 is 0 Å². The highest BCUT2D eigenvalue weighted by atomic mass is 16.6. The molecule has 0 saturated carbocycles. The quantitative estimate of drug-likeness (QED) is 0.549. The lowest BCUT2D eigenvalue weighted by molar-refractivity contribution is -0.385. The van der Waals surface area contributed by atoms with E-state index in [4.69, 9.17) is 5.26 Å². The number of nitrogens with zero attached hydrogens (tertiary/aromatic N) is 4. The molecular weight excluding hydrogens is 362 g/mol. The molecule has 28 heavy (non-hydrogen) atoms. The lowest BCUT2D eigenvalue weighted by Gasteiger charge is -2.27. The van der Waals surface area contributed by atoms with Gasteiger partial charge in [0, 0.05) is 47.7 Å². The molecule has 0 bridgehead atoms. The zero-order valence-electron chi connectivity index (χ0n) is 14.7. The summed E-state index contributed by atoms with van der Waals surface area (Å²) in [5.74, 6) is -0.331. The summed E-state index contributed by atoms with van der Waals surface area (Å²) in [6.45, 7) is 0.521. The lowest BCUT2D eigenvalue weighted by Crippen LogP contribution is -2.39. The number of aromatic nitrogens is 2. The van der Waals surface area contributed by atoms with Crippen molar-refractivity contribution in [3.63, 3.8) is 0 Å². The first-order chi connectivity index (χ1) is 13.5. The van der Waals surface area contributed by atoms with Crippen molar-refractivity contribution in [2.24, 2.45) is 0 Å². The standard InChI is InChI=1S/C19H15N5O4/c20-8-12-7-13(24(27)28)9-23(19(12)26)11-18(25)22-6-5-17-15(10-22)14-3-1-2-4-16(14)21-17/h1-4,7,9,21H,5-6,10-11H2. The second-order valence-electron chi connectivity index (χ2n) is 6.61. The molecule has 4 rings (SSSR count). The van der Waals surface area contributed by atoms with Crippen molar-refractivity contribution in [3.8, 4) is 6.07 Å². The summed E-state index contributed by atoms with van der Waals surface area (Å²) in [7, 11) is 0. The van der Waals surface area contributed by atoms with E-state index in [9.17, 15) is 19.7 Å². The fourth-order valence-corrected chi connectivity index (χ4v) is 3.54. The van der Waals surface area contributed by atoms with Crippen LogP contribution in [0.1, 0.15) is 16.8 Å².